The van der Waals surface area contributed by atoms with E-state index in [-0.39, 0.29) is 11.4 Å². The number of esters is 1. The van der Waals surface area contributed by atoms with Gasteiger partial charge < -0.3 is 14.2 Å². The molecule has 1 aromatic carbocycles. The second-order valence-electron chi connectivity index (χ2n) is 4.34. The number of hydrogen-bond donors (Lipinski definition) is 0. The van der Waals surface area contributed by atoms with Gasteiger partial charge in [-0.3, -0.25) is 0 Å². The fraction of sp³-hybridized carbons (Fsp3) is 0.200. The Kier molecular flexibility index (Phi) is 4.73. The Hall–Kier alpha value is -2.77. The van der Waals surface area contributed by atoms with Crippen LogP contribution in [0.1, 0.15) is 10.4 Å². The van der Waals surface area contributed by atoms with E-state index in [4.69, 9.17) is 4.74 Å². The van der Waals surface area contributed by atoms with Crippen molar-refractivity contribution in [1.82, 2.24) is 4.98 Å². The largest absolute Gasteiger partial charge is 0.573 e. The number of aromatic nitrogens is 1. The molecule has 2 aromatic rings. The fourth-order valence-electron chi connectivity index (χ4n) is 1.92. The molecular formula is C15H12F3NO4. The number of alkyl halides is 3. The van der Waals surface area contributed by atoms with Crippen LogP contribution in [0, 0.1) is 0 Å². The molecule has 0 amide bonds. The summed E-state index contributed by atoms with van der Waals surface area (Å²) in [5, 5.41) is 0. The van der Waals surface area contributed by atoms with Crippen LogP contribution in [0.15, 0.2) is 36.5 Å². The average molecular weight is 327 g/mol. The quantitative estimate of drug-likeness (QED) is 0.805. The molecule has 0 N–H and O–H groups in total. The molecule has 5 nitrogen and oxygen atoms in total. The highest BCUT2D eigenvalue weighted by atomic mass is 19.4. The maximum atomic E-state index is 12.3. The van der Waals surface area contributed by atoms with Crippen molar-refractivity contribution in [3.63, 3.8) is 0 Å². The van der Waals surface area contributed by atoms with Gasteiger partial charge in [-0.25, -0.2) is 9.78 Å². The van der Waals surface area contributed by atoms with Crippen molar-refractivity contribution in [3.8, 4) is 22.8 Å². The highest BCUT2D eigenvalue weighted by Crippen LogP contribution is 2.31. The van der Waals surface area contributed by atoms with Crippen LogP contribution in [0.25, 0.3) is 11.1 Å². The highest BCUT2D eigenvalue weighted by molar-refractivity contribution is 5.97. The van der Waals surface area contributed by atoms with E-state index in [2.05, 4.69) is 14.5 Å². The first-order valence-electron chi connectivity index (χ1n) is 6.32. The van der Waals surface area contributed by atoms with Crippen LogP contribution in [0.5, 0.6) is 11.6 Å². The lowest BCUT2D eigenvalue weighted by atomic mass is 10.0. The molecule has 1 heterocycles. The molecule has 23 heavy (non-hydrogen) atoms. The predicted molar refractivity (Wildman–Crippen MR) is 74.2 cm³/mol. The van der Waals surface area contributed by atoms with E-state index in [0.29, 0.717) is 11.1 Å². The fourth-order valence-corrected chi connectivity index (χ4v) is 1.92. The van der Waals surface area contributed by atoms with Crippen molar-refractivity contribution in [2.75, 3.05) is 14.2 Å². The van der Waals surface area contributed by atoms with E-state index in [0.717, 1.165) is 12.1 Å². The standard InChI is InChI=1S/C15H12F3NO4/c1-21-13-7-11(14(20)22-2)12(8-19-13)9-4-3-5-10(6-9)23-15(16,17)18/h3-8H,1-2H3. The maximum absolute atomic E-state index is 12.3. The number of benzene rings is 1. The summed E-state index contributed by atoms with van der Waals surface area (Å²) in [6, 6.07) is 6.56. The monoisotopic (exact) mass is 327 g/mol. The second kappa shape index (κ2) is 6.55. The summed E-state index contributed by atoms with van der Waals surface area (Å²) in [6.07, 6.45) is -3.49. The number of carbonyl (C=O) groups excluding carboxylic acids is 1. The minimum Gasteiger partial charge on any atom is -0.481 e. The summed E-state index contributed by atoms with van der Waals surface area (Å²) in [6.45, 7) is 0. The van der Waals surface area contributed by atoms with Crippen molar-refractivity contribution >= 4 is 5.97 Å². The van der Waals surface area contributed by atoms with Crippen molar-refractivity contribution in [1.29, 1.82) is 0 Å². The predicted octanol–water partition coefficient (Wildman–Crippen LogP) is 3.44. The summed E-state index contributed by atoms with van der Waals surface area (Å²) < 4.78 is 50.4. The third-order valence-electron chi connectivity index (χ3n) is 2.87. The molecule has 2 rings (SSSR count). The molecule has 8 heteroatoms. The molecule has 0 radical (unpaired) electrons. The molecule has 0 bridgehead atoms. The number of methoxy groups -OCH3 is 2. The van der Waals surface area contributed by atoms with E-state index in [9.17, 15) is 18.0 Å². The van der Waals surface area contributed by atoms with E-state index >= 15 is 0 Å². The van der Waals surface area contributed by atoms with Gasteiger partial charge in [0.1, 0.15) is 5.75 Å². The lowest BCUT2D eigenvalue weighted by Gasteiger charge is -2.12. The summed E-state index contributed by atoms with van der Waals surface area (Å²) in [4.78, 5) is 15.8. The van der Waals surface area contributed by atoms with Gasteiger partial charge in [0.05, 0.1) is 19.8 Å². The Bertz CT molecular complexity index is 716. The normalized spacial score (nSPS) is 11.0. The van der Waals surface area contributed by atoms with Gasteiger partial charge >= 0.3 is 12.3 Å². The van der Waals surface area contributed by atoms with Gasteiger partial charge in [-0.2, -0.15) is 0 Å². The van der Waals surface area contributed by atoms with Crippen LogP contribution >= 0.6 is 0 Å². The third-order valence-corrected chi connectivity index (χ3v) is 2.87. The van der Waals surface area contributed by atoms with Gasteiger partial charge in [0, 0.05) is 17.8 Å². The third kappa shape index (κ3) is 4.12. The Labute approximate surface area is 129 Å². The van der Waals surface area contributed by atoms with Crippen LogP contribution in [0.2, 0.25) is 0 Å². The first-order chi connectivity index (χ1) is 10.8. The van der Waals surface area contributed by atoms with Crippen molar-refractivity contribution in [2.24, 2.45) is 0 Å². The van der Waals surface area contributed by atoms with Crippen molar-refractivity contribution in [2.45, 2.75) is 6.36 Å². The molecule has 0 atom stereocenters. The summed E-state index contributed by atoms with van der Waals surface area (Å²) in [5.41, 5.74) is 0.732. The van der Waals surface area contributed by atoms with E-state index < -0.39 is 18.1 Å². The Balaban J connectivity index is 2.49. The lowest BCUT2D eigenvalue weighted by molar-refractivity contribution is -0.274. The van der Waals surface area contributed by atoms with Crippen LogP contribution in [0.4, 0.5) is 13.2 Å². The van der Waals surface area contributed by atoms with E-state index in [1.807, 2.05) is 0 Å². The second-order valence-corrected chi connectivity index (χ2v) is 4.34. The minimum atomic E-state index is -4.80. The maximum Gasteiger partial charge on any atom is 0.573 e. The van der Waals surface area contributed by atoms with Crippen LogP contribution in [-0.2, 0) is 4.74 Å². The van der Waals surface area contributed by atoms with E-state index in [1.54, 1.807) is 0 Å². The van der Waals surface area contributed by atoms with Crippen molar-refractivity contribution in [3.05, 3.63) is 42.1 Å². The molecule has 0 aliphatic heterocycles. The number of carbonyl (C=O) groups is 1. The molecule has 1 aromatic heterocycles. The van der Waals surface area contributed by atoms with Crippen molar-refractivity contribution < 1.29 is 32.2 Å². The Morgan fingerprint density at radius 1 is 1.17 bits per heavy atom. The van der Waals surface area contributed by atoms with Gasteiger partial charge in [0.15, 0.2) is 0 Å². The topological polar surface area (TPSA) is 57.7 Å². The number of ether oxygens (including phenoxy) is 3. The molecule has 0 aliphatic rings. The Morgan fingerprint density at radius 2 is 1.91 bits per heavy atom. The molecule has 122 valence electrons. The van der Waals surface area contributed by atoms with E-state index in [1.165, 1.54) is 38.6 Å². The summed E-state index contributed by atoms with van der Waals surface area (Å²) in [7, 11) is 2.57. The molecule has 0 fully saturated rings. The zero-order chi connectivity index (χ0) is 17.0. The Morgan fingerprint density at radius 3 is 2.52 bits per heavy atom. The lowest BCUT2D eigenvalue weighted by Crippen LogP contribution is -2.17. The molecular weight excluding hydrogens is 315 g/mol. The number of hydrogen-bond acceptors (Lipinski definition) is 5. The number of rotatable bonds is 4. The number of nitrogens with zero attached hydrogens (tertiary/aromatic N) is 1. The highest BCUT2D eigenvalue weighted by Gasteiger charge is 2.31. The number of pyridine rings is 1. The number of halogens is 3. The summed E-state index contributed by atoms with van der Waals surface area (Å²) >= 11 is 0. The minimum absolute atomic E-state index is 0.114. The summed E-state index contributed by atoms with van der Waals surface area (Å²) in [5.74, 6) is -0.888. The first-order valence-corrected chi connectivity index (χ1v) is 6.32. The van der Waals surface area contributed by atoms with Gasteiger partial charge in [-0.1, -0.05) is 12.1 Å². The molecule has 0 saturated heterocycles. The SMILES string of the molecule is COC(=O)c1cc(OC)ncc1-c1cccc(OC(F)(F)F)c1. The molecule has 0 spiro atoms. The van der Waals surface area contributed by atoms with Gasteiger partial charge in [-0.15, -0.1) is 13.2 Å². The zero-order valence-electron chi connectivity index (χ0n) is 12.2. The van der Waals surface area contributed by atoms with Crippen LogP contribution < -0.4 is 9.47 Å². The smallest absolute Gasteiger partial charge is 0.481 e. The van der Waals surface area contributed by atoms with Crippen LogP contribution in [-0.4, -0.2) is 31.5 Å². The first kappa shape index (κ1) is 16.6. The van der Waals surface area contributed by atoms with Gasteiger partial charge in [0.2, 0.25) is 5.88 Å². The molecule has 0 aliphatic carbocycles. The average Bonchev–Trinajstić information content (AvgIpc) is 2.52. The molecule has 0 saturated carbocycles. The van der Waals surface area contributed by atoms with Gasteiger partial charge in [0.25, 0.3) is 0 Å². The zero-order valence-corrected chi connectivity index (χ0v) is 12.2. The molecule has 0 unspecified atom stereocenters. The van der Waals surface area contributed by atoms with Gasteiger partial charge in [-0.05, 0) is 17.7 Å². The van der Waals surface area contributed by atoms with Crippen LogP contribution in [0.3, 0.4) is 0 Å².